The van der Waals surface area contributed by atoms with Crippen LogP contribution in [0.4, 0.5) is 5.82 Å². The molecule has 0 saturated carbocycles. The molecule has 5 rings (SSSR count). The van der Waals surface area contributed by atoms with Crippen molar-refractivity contribution in [2.75, 3.05) is 25.1 Å². The van der Waals surface area contributed by atoms with Crippen LogP contribution in [0.25, 0.3) is 33.3 Å². The Balaban J connectivity index is 1.51. The van der Waals surface area contributed by atoms with Gasteiger partial charge < -0.3 is 9.64 Å². The number of benzene rings is 1. The van der Waals surface area contributed by atoms with Crippen molar-refractivity contribution in [1.82, 2.24) is 24.7 Å². The summed E-state index contributed by atoms with van der Waals surface area (Å²) in [7, 11) is 3.57. The van der Waals surface area contributed by atoms with Crippen LogP contribution in [-0.4, -0.2) is 51.6 Å². The lowest BCUT2D eigenvalue weighted by Crippen LogP contribution is -2.23. The first kappa shape index (κ1) is 20.2. The molecule has 8 nitrogen and oxygen atoms in total. The van der Waals surface area contributed by atoms with Gasteiger partial charge in [-0.25, -0.2) is 20.2 Å². The smallest absolute Gasteiger partial charge is 0.269 e. The number of nitrogens with zero attached hydrogens (tertiary/aromatic N) is 7. The quantitative estimate of drug-likeness (QED) is 0.461. The number of aryl methyl sites for hydroxylation is 2. The largest absolute Gasteiger partial charge is 0.496 e. The Morgan fingerprint density at radius 3 is 2.88 bits per heavy atom. The van der Waals surface area contributed by atoms with Crippen molar-refractivity contribution in [3.05, 3.63) is 36.2 Å². The first-order chi connectivity index (χ1) is 15.5. The van der Waals surface area contributed by atoms with Gasteiger partial charge >= 0.3 is 0 Å². The van der Waals surface area contributed by atoms with Crippen molar-refractivity contribution in [3.63, 3.8) is 0 Å². The van der Waals surface area contributed by atoms with E-state index in [-0.39, 0.29) is 6.71 Å². The molecule has 0 bridgehead atoms. The molecule has 0 amide bonds. The molecule has 0 radical (unpaired) electrons. The maximum atomic E-state index is 9.21. The molecule has 1 unspecified atom stereocenters. The summed E-state index contributed by atoms with van der Waals surface area (Å²) >= 11 is 0. The van der Waals surface area contributed by atoms with E-state index in [2.05, 4.69) is 21.0 Å². The monoisotopic (exact) mass is 425 g/mol. The first-order valence-corrected chi connectivity index (χ1v) is 10.8. The number of anilines is 1. The second kappa shape index (κ2) is 7.79. The Labute approximate surface area is 186 Å². The number of ether oxygens (including phenoxy) is 1. The Hall–Kier alpha value is -3.67. The van der Waals surface area contributed by atoms with Gasteiger partial charge in [-0.15, -0.1) is 0 Å². The predicted molar refractivity (Wildman–Crippen MR) is 126 cm³/mol. The summed E-state index contributed by atoms with van der Waals surface area (Å²) in [5, 5.41) is 14.8. The summed E-state index contributed by atoms with van der Waals surface area (Å²) in [5.74, 6) is 5.00. The van der Waals surface area contributed by atoms with Crippen LogP contribution < -0.4 is 9.64 Å². The summed E-state index contributed by atoms with van der Waals surface area (Å²) in [6.45, 7) is 5.82. The van der Waals surface area contributed by atoms with Gasteiger partial charge in [0.05, 0.1) is 29.9 Å². The number of rotatable bonds is 4. The second-order valence-corrected chi connectivity index (χ2v) is 8.50. The number of nitriles is 1. The normalized spacial score (nSPS) is 16.0. The van der Waals surface area contributed by atoms with Crippen LogP contribution in [0.5, 0.6) is 5.75 Å². The fourth-order valence-corrected chi connectivity index (χ4v) is 4.59. The Bertz CT molecular complexity index is 1380. The third-order valence-electron chi connectivity index (χ3n) is 6.43. The minimum atomic E-state index is 0.0574. The van der Waals surface area contributed by atoms with Crippen molar-refractivity contribution in [2.24, 2.45) is 7.05 Å². The SMILES string of the molecule is COc1c(-c2ncc3nc(N4CCC(B(C)C#N)C4)ccc3n2)cc2cn(C)nc2c1C. The molecule has 0 aliphatic carbocycles. The molecule has 160 valence electrons. The molecule has 1 aliphatic rings. The first-order valence-electron chi connectivity index (χ1n) is 10.8. The van der Waals surface area contributed by atoms with Crippen molar-refractivity contribution in [1.29, 1.82) is 5.26 Å². The molecular weight excluding hydrogens is 401 g/mol. The summed E-state index contributed by atoms with van der Waals surface area (Å²) in [6.07, 6.45) is 4.77. The van der Waals surface area contributed by atoms with Crippen LogP contribution in [0, 0.1) is 18.2 Å². The molecule has 1 fully saturated rings. The van der Waals surface area contributed by atoms with Crippen LogP contribution in [0.15, 0.2) is 30.6 Å². The van der Waals surface area contributed by atoms with Crippen LogP contribution in [0.1, 0.15) is 12.0 Å². The number of hydrogen-bond acceptors (Lipinski definition) is 7. The maximum absolute atomic E-state index is 9.21. The van der Waals surface area contributed by atoms with Gasteiger partial charge in [0.25, 0.3) is 6.71 Å². The summed E-state index contributed by atoms with van der Waals surface area (Å²) in [6, 6.07) is 6.02. The third-order valence-corrected chi connectivity index (χ3v) is 6.43. The zero-order valence-electron chi connectivity index (χ0n) is 18.7. The minimum absolute atomic E-state index is 0.0574. The van der Waals surface area contributed by atoms with Gasteiger partial charge in [-0.2, -0.15) is 5.10 Å². The topological polar surface area (TPSA) is 92.8 Å². The van der Waals surface area contributed by atoms with E-state index in [1.807, 2.05) is 45.2 Å². The van der Waals surface area contributed by atoms with E-state index >= 15 is 0 Å². The maximum Gasteiger partial charge on any atom is 0.269 e. The fourth-order valence-electron chi connectivity index (χ4n) is 4.59. The molecule has 1 saturated heterocycles. The van der Waals surface area contributed by atoms with Gasteiger partial charge in [-0.3, -0.25) is 4.68 Å². The molecule has 4 aromatic rings. The van der Waals surface area contributed by atoms with Gasteiger partial charge in [0, 0.05) is 43.3 Å². The minimum Gasteiger partial charge on any atom is -0.496 e. The summed E-state index contributed by atoms with van der Waals surface area (Å²) in [5.41, 5.74) is 4.25. The molecule has 32 heavy (non-hydrogen) atoms. The van der Waals surface area contributed by atoms with E-state index in [1.165, 1.54) is 0 Å². The zero-order chi connectivity index (χ0) is 22.4. The van der Waals surface area contributed by atoms with Gasteiger partial charge in [0.15, 0.2) is 5.82 Å². The molecule has 0 spiro atoms. The highest BCUT2D eigenvalue weighted by atomic mass is 16.5. The van der Waals surface area contributed by atoms with E-state index in [0.717, 1.165) is 64.1 Å². The zero-order valence-corrected chi connectivity index (χ0v) is 18.7. The van der Waals surface area contributed by atoms with Crippen LogP contribution in [-0.2, 0) is 7.05 Å². The average molecular weight is 425 g/mol. The van der Waals surface area contributed by atoms with Gasteiger partial charge in [0.1, 0.15) is 17.1 Å². The van der Waals surface area contributed by atoms with Crippen LogP contribution in [0.2, 0.25) is 12.6 Å². The van der Waals surface area contributed by atoms with Gasteiger partial charge in [0.2, 0.25) is 0 Å². The summed E-state index contributed by atoms with van der Waals surface area (Å²) < 4.78 is 7.51. The van der Waals surface area contributed by atoms with Crippen LogP contribution in [0.3, 0.4) is 0 Å². The highest BCUT2D eigenvalue weighted by Gasteiger charge is 2.30. The number of pyridine rings is 1. The van der Waals surface area contributed by atoms with Gasteiger partial charge in [-0.1, -0.05) is 6.82 Å². The lowest BCUT2D eigenvalue weighted by Gasteiger charge is -2.18. The standard InChI is InChI=1S/C23H24BN7O/c1-14-21-15(11-30(3)29-21)9-17(22(14)32-4)23-26-10-19-18(28-23)5-6-20(27-19)31-8-7-16(12-31)24(2)13-25/h5-6,9-11,16H,7-8,12H2,1-4H3. The number of methoxy groups -OCH3 is 1. The second-order valence-electron chi connectivity index (χ2n) is 8.50. The highest BCUT2D eigenvalue weighted by molar-refractivity contribution is 6.67. The Kier molecular flexibility index (Phi) is 4.93. The Morgan fingerprint density at radius 2 is 2.09 bits per heavy atom. The molecule has 4 heterocycles. The molecule has 0 N–H and O–H groups in total. The van der Waals surface area contributed by atoms with Crippen molar-refractivity contribution in [3.8, 4) is 23.1 Å². The van der Waals surface area contributed by atoms with E-state index in [4.69, 9.17) is 14.7 Å². The number of aromatic nitrogens is 5. The molecule has 1 aromatic carbocycles. The Morgan fingerprint density at radius 1 is 1.25 bits per heavy atom. The highest BCUT2D eigenvalue weighted by Crippen LogP contribution is 2.36. The van der Waals surface area contributed by atoms with Crippen LogP contribution >= 0.6 is 0 Å². The average Bonchev–Trinajstić information content (AvgIpc) is 3.44. The fraction of sp³-hybridized carbons (Fsp3) is 0.348. The lowest BCUT2D eigenvalue weighted by atomic mass is 9.44. The number of hydrogen-bond donors (Lipinski definition) is 0. The van der Waals surface area contributed by atoms with Crippen molar-refractivity contribution < 1.29 is 4.74 Å². The van der Waals surface area contributed by atoms with Crippen molar-refractivity contribution in [2.45, 2.75) is 26.0 Å². The molecule has 1 atom stereocenters. The number of fused-ring (bicyclic) bond motifs is 2. The lowest BCUT2D eigenvalue weighted by molar-refractivity contribution is 0.413. The predicted octanol–water partition coefficient (Wildman–Crippen LogP) is 3.66. The van der Waals surface area contributed by atoms with E-state index in [9.17, 15) is 5.26 Å². The molecular formula is C23H24BN7O. The van der Waals surface area contributed by atoms with E-state index in [1.54, 1.807) is 18.0 Å². The molecule has 9 heteroatoms. The van der Waals surface area contributed by atoms with Crippen molar-refractivity contribution >= 4 is 34.5 Å². The van der Waals surface area contributed by atoms with E-state index in [0.29, 0.717) is 11.6 Å². The van der Waals surface area contributed by atoms with E-state index < -0.39 is 0 Å². The van der Waals surface area contributed by atoms with Gasteiger partial charge in [-0.05, 0) is 37.4 Å². The molecule has 3 aromatic heterocycles. The summed E-state index contributed by atoms with van der Waals surface area (Å²) in [4.78, 5) is 16.5. The third kappa shape index (κ3) is 3.32. The molecule has 1 aliphatic heterocycles.